The van der Waals surface area contributed by atoms with Crippen molar-refractivity contribution in [3.63, 3.8) is 0 Å². The highest BCUT2D eigenvalue weighted by atomic mass is 32.2. The normalized spacial score (nSPS) is 17.9. The van der Waals surface area contributed by atoms with Crippen LogP contribution in [0.1, 0.15) is 28.8 Å². The Bertz CT molecular complexity index is 926. The molecule has 5 nitrogen and oxygen atoms in total. The van der Waals surface area contributed by atoms with E-state index in [9.17, 15) is 14.0 Å². The molecule has 7 heteroatoms. The quantitative estimate of drug-likeness (QED) is 0.747. The maximum Gasteiger partial charge on any atom is 0.255 e. The molecule has 2 aliphatic heterocycles. The van der Waals surface area contributed by atoms with Crippen LogP contribution in [0.25, 0.3) is 0 Å². The third-order valence-electron chi connectivity index (χ3n) is 5.91. The van der Waals surface area contributed by atoms with Crippen molar-refractivity contribution in [2.45, 2.75) is 24.1 Å². The number of likely N-dealkylation sites (tertiary alicyclic amines) is 1. The topological polar surface area (TPSA) is 49.9 Å². The second-order valence-corrected chi connectivity index (χ2v) is 9.12. The predicted octanol–water partition coefficient (Wildman–Crippen LogP) is 3.58. The van der Waals surface area contributed by atoms with Crippen LogP contribution < -0.4 is 4.74 Å². The molecule has 0 unspecified atom stereocenters. The number of piperidine rings is 1. The first-order valence-electron chi connectivity index (χ1n) is 10.1. The minimum Gasteiger partial charge on any atom is -0.497 e. The second-order valence-electron chi connectivity index (χ2n) is 7.67. The zero-order chi connectivity index (χ0) is 21.1. The summed E-state index contributed by atoms with van der Waals surface area (Å²) in [6.45, 7) is 1.89. The number of ether oxygens (including phenoxy) is 1. The van der Waals surface area contributed by atoms with Crippen molar-refractivity contribution in [2.24, 2.45) is 0 Å². The van der Waals surface area contributed by atoms with Crippen LogP contribution in [0.2, 0.25) is 0 Å². The number of rotatable bonds is 4. The SMILES string of the molecule is COc1ccc(CC(=O)N2CCC3(CC2)SCCN3C(=O)c2cccc(F)c2)cc1. The van der Waals surface area contributed by atoms with Crippen molar-refractivity contribution in [1.82, 2.24) is 9.80 Å². The van der Waals surface area contributed by atoms with E-state index in [1.54, 1.807) is 31.0 Å². The Hall–Kier alpha value is -2.54. The van der Waals surface area contributed by atoms with E-state index in [-0.39, 0.29) is 16.7 Å². The minimum atomic E-state index is -0.402. The van der Waals surface area contributed by atoms with Gasteiger partial charge < -0.3 is 14.5 Å². The summed E-state index contributed by atoms with van der Waals surface area (Å²) in [6.07, 6.45) is 1.82. The number of amides is 2. The Morgan fingerprint density at radius 1 is 1.10 bits per heavy atom. The number of methoxy groups -OCH3 is 1. The number of benzene rings is 2. The summed E-state index contributed by atoms with van der Waals surface area (Å²) >= 11 is 1.78. The van der Waals surface area contributed by atoms with Gasteiger partial charge in [-0.05, 0) is 48.7 Å². The molecule has 2 aromatic carbocycles. The number of carbonyl (C=O) groups excluding carboxylic acids is 2. The Morgan fingerprint density at radius 3 is 2.50 bits per heavy atom. The fourth-order valence-corrected chi connectivity index (χ4v) is 5.68. The Kier molecular flexibility index (Phi) is 5.99. The molecule has 0 atom stereocenters. The van der Waals surface area contributed by atoms with Crippen LogP contribution in [-0.4, -0.2) is 59.0 Å². The van der Waals surface area contributed by atoms with E-state index in [2.05, 4.69) is 0 Å². The minimum absolute atomic E-state index is 0.0982. The number of hydrogen-bond acceptors (Lipinski definition) is 4. The van der Waals surface area contributed by atoms with E-state index in [4.69, 9.17) is 4.74 Å². The van der Waals surface area contributed by atoms with Crippen molar-refractivity contribution >= 4 is 23.6 Å². The van der Waals surface area contributed by atoms with Gasteiger partial charge in [-0.25, -0.2) is 4.39 Å². The molecule has 2 fully saturated rings. The number of hydrogen-bond donors (Lipinski definition) is 0. The van der Waals surface area contributed by atoms with E-state index in [1.807, 2.05) is 34.1 Å². The molecule has 0 aromatic heterocycles. The van der Waals surface area contributed by atoms with Gasteiger partial charge in [-0.3, -0.25) is 9.59 Å². The van der Waals surface area contributed by atoms with Gasteiger partial charge in [0.05, 0.1) is 18.4 Å². The standard InChI is InChI=1S/C23H25FN2O3S/c1-29-20-7-5-17(6-8-20)15-21(27)25-11-9-23(10-12-25)26(13-14-30-23)22(28)18-3-2-4-19(24)16-18/h2-8,16H,9-15H2,1H3. The van der Waals surface area contributed by atoms with E-state index < -0.39 is 5.82 Å². The van der Waals surface area contributed by atoms with Gasteiger partial charge in [0.25, 0.3) is 5.91 Å². The Morgan fingerprint density at radius 2 is 1.83 bits per heavy atom. The lowest BCUT2D eigenvalue weighted by Crippen LogP contribution is -2.53. The predicted molar refractivity (Wildman–Crippen MR) is 115 cm³/mol. The lowest BCUT2D eigenvalue weighted by molar-refractivity contribution is -0.132. The molecule has 2 aromatic rings. The zero-order valence-electron chi connectivity index (χ0n) is 17.0. The summed E-state index contributed by atoms with van der Waals surface area (Å²) in [6, 6.07) is 13.4. The van der Waals surface area contributed by atoms with E-state index in [1.165, 1.54) is 12.1 Å². The molecule has 0 aliphatic carbocycles. The highest BCUT2D eigenvalue weighted by molar-refractivity contribution is 8.00. The molecular formula is C23H25FN2O3S. The third-order valence-corrected chi connectivity index (χ3v) is 7.46. The third kappa shape index (κ3) is 4.17. The van der Waals surface area contributed by atoms with E-state index in [0.29, 0.717) is 31.6 Å². The highest BCUT2D eigenvalue weighted by Gasteiger charge is 2.47. The van der Waals surface area contributed by atoms with Crippen LogP contribution in [-0.2, 0) is 11.2 Å². The van der Waals surface area contributed by atoms with Gasteiger partial charge in [-0.15, -0.1) is 11.8 Å². The molecule has 2 aliphatic rings. The van der Waals surface area contributed by atoms with E-state index >= 15 is 0 Å². The van der Waals surface area contributed by atoms with Crippen LogP contribution in [0.4, 0.5) is 4.39 Å². The molecule has 0 saturated carbocycles. The smallest absolute Gasteiger partial charge is 0.255 e. The molecule has 4 rings (SSSR count). The van der Waals surface area contributed by atoms with Crippen molar-refractivity contribution < 1.29 is 18.7 Å². The molecular weight excluding hydrogens is 403 g/mol. The lowest BCUT2D eigenvalue weighted by Gasteiger charge is -2.44. The molecule has 2 heterocycles. The molecule has 1 spiro atoms. The van der Waals surface area contributed by atoms with Crippen molar-refractivity contribution in [1.29, 1.82) is 0 Å². The van der Waals surface area contributed by atoms with Crippen molar-refractivity contribution in [3.8, 4) is 5.75 Å². The molecule has 0 radical (unpaired) electrons. The van der Waals surface area contributed by atoms with Gasteiger partial charge >= 0.3 is 0 Å². The van der Waals surface area contributed by atoms with Crippen molar-refractivity contribution in [3.05, 3.63) is 65.5 Å². The molecule has 0 bridgehead atoms. The maximum absolute atomic E-state index is 13.6. The van der Waals surface area contributed by atoms with Crippen LogP contribution in [0, 0.1) is 5.82 Å². The summed E-state index contributed by atoms with van der Waals surface area (Å²) in [5, 5.41) is 0. The summed E-state index contributed by atoms with van der Waals surface area (Å²) in [7, 11) is 1.62. The van der Waals surface area contributed by atoms with E-state index in [0.717, 1.165) is 29.9 Å². The average Bonchev–Trinajstić information content (AvgIpc) is 3.17. The summed E-state index contributed by atoms with van der Waals surface area (Å²) in [4.78, 5) is 29.3. The van der Waals surface area contributed by atoms with Crippen LogP contribution >= 0.6 is 11.8 Å². The zero-order valence-corrected chi connectivity index (χ0v) is 17.8. The Balaban J connectivity index is 1.39. The van der Waals surface area contributed by atoms with Crippen LogP contribution in [0.15, 0.2) is 48.5 Å². The van der Waals surface area contributed by atoms with Gasteiger partial charge in [-0.2, -0.15) is 0 Å². The highest BCUT2D eigenvalue weighted by Crippen LogP contribution is 2.44. The monoisotopic (exact) mass is 428 g/mol. The van der Waals surface area contributed by atoms with Crippen molar-refractivity contribution in [2.75, 3.05) is 32.5 Å². The first-order chi connectivity index (χ1) is 14.5. The van der Waals surface area contributed by atoms with Gasteiger partial charge in [0.15, 0.2) is 0 Å². The summed E-state index contributed by atoms with van der Waals surface area (Å²) in [5.41, 5.74) is 1.34. The largest absolute Gasteiger partial charge is 0.497 e. The van der Waals surface area contributed by atoms with Gasteiger partial charge in [0.1, 0.15) is 11.6 Å². The Labute approximate surface area is 180 Å². The van der Waals surface area contributed by atoms with Gasteiger partial charge in [0, 0.05) is 31.0 Å². The number of nitrogens with zero attached hydrogens (tertiary/aromatic N) is 2. The molecule has 30 heavy (non-hydrogen) atoms. The first kappa shape index (κ1) is 20.7. The lowest BCUT2D eigenvalue weighted by atomic mass is 10.00. The first-order valence-corrected chi connectivity index (χ1v) is 11.1. The second kappa shape index (κ2) is 8.68. The molecule has 158 valence electrons. The summed E-state index contributed by atoms with van der Waals surface area (Å²) in [5.74, 6) is 1.20. The number of carbonyl (C=O) groups is 2. The molecule has 2 amide bonds. The van der Waals surface area contributed by atoms with Crippen LogP contribution in [0.3, 0.4) is 0 Å². The maximum atomic E-state index is 13.6. The van der Waals surface area contributed by atoms with Gasteiger partial charge in [0.2, 0.25) is 5.91 Å². The van der Waals surface area contributed by atoms with Gasteiger partial charge in [-0.1, -0.05) is 18.2 Å². The fraction of sp³-hybridized carbons (Fsp3) is 0.391. The number of thioether (sulfide) groups is 1. The molecule has 0 N–H and O–H groups in total. The average molecular weight is 429 g/mol. The summed E-state index contributed by atoms with van der Waals surface area (Å²) < 4.78 is 18.7. The molecule has 2 saturated heterocycles. The fourth-order valence-electron chi connectivity index (χ4n) is 4.22. The van der Waals surface area contributed by atoms with Crippen LogP contribution in [0.5, 0.6) is 5.75 Å². The number of halogens is 1.